The van der Waals surface area contributed by atoms with Gasteiger partial charge >= 0.3 is 0 Å². The van der Waals surface area contributed by atoms with E-state index in [1.807, 2.05) is 37.3 Å². The Hall–Kier alpha value is -3.26. The van der Waals surface area contributed by atoms with Crippen LogP contribution in [0.15, 0.2) is 51.6 Å². The molecule has 8 heteroatoms. The van der Waals surface area contributed by atoms with Gasteiger partial charge in [0.25, 0.3) is 5.91 Å². The van der Waals surface area contributed by atoms with E-state index >= 15 is 0 Å². The minimum atomic E-state index is -0.324. The normalized spacial score (nSPS) is 10.9. The number of ether oxygens (including phenoxy) is 2. The van der Waals surface area contributed by atoms with Gasteiger partial charge in [-0.1, -0.05) is 12.1 Å². The number of nitrogens with zero attached hydrogens (tertiary/aromatic N) is 1. The van der Waals surface area contributed by atoms with Gasteiger partial charge in [0.15, 0.2) is 21.9 Å². The Morgan fingerprint density at radius 1 is 1.10 bits per heavy atom. The van der Waals surface area contributed by atoms with E-state index in [0.29, 0.717) is 27.7 Å². The highest BCUT2D eigenvalue weighted by Crippen LogP contribution is 2.33. The Bertz CT molecular complexity index is 1170. The molecule has 0 bridgehead atoms. The molecule has 0 aliphatic carbocycles. The number of nitrogens with one attached hydrogen (secondary N) is 2. The Balaban J connectivity index is 1.68. The predicted octanol–water partition coefficient (Wildman–Crippen LogP) is 5.16. The molecule has 2 aromatic heterocycles. The number of furan rings is 1. The smallest absolute Gasteiger partial charge is 0.291 e. The van der Waals surface area contributed by atoms with Crippen molar-refractivity contribution in [2.45, 2.75) is 6.92 Å². The Labute approximate surface area is 175 Å². The molecule has 0 saturated heterocycles. The van der Waals surface area contributed by atoms with Gasteiger partial charge in [0.05, 0.1) is 25.3 Å². The van der Waals surface area contributed by atoms with Crippen LogP contribution in [-0.4, -0.2) is 30.1 Å². The molecule has 7 nitrogen and oxygen atoms in total. The summed E-state index contributed by atoms with van der Waals surface area (Å²) in [5.74, 6) is 1.81. The fourth-order valence-electron chi connectivity index (χ4n) is 3.00. The summed E-state index contributed by atoms with van der Waals surface area (Å²) in [4.78, 5) is 20.4. The van der Waals surface area contributed by atoms with Crippen molar-refractivity contribution in [3.8, 4) is 22.9 Å². The van der Waals surface area contributed by atoms with Crippen molar-refractivity contribution >= 4 is 38.6 Å². The van der Waals surface area contributed by atoms with Gasteiger partial charge in [-0.2, -0.15) is 0 Å². The number of hydrogen-bond acceptors (Lipinski definition) is 5. The minimum Gasteiger partial charge on any atom is -0.493 e. The van der Waals surface area contributed by atoms with E-state index in [-0.39, 0.29) is 11.7 Å². The first kappa shape index (κ1) is 19.1. The molecule has 0 atom stereocenters. The molecule has 0 aliphatic heterocycles. The van der Waals surface area contributed by atoms with Crippen LogP contribution in [0.3, 0.4) is 0 Å². The summed E-state index contributed by atoms with van der Waals surface area (Å²) in [6.07, 6.45) is 0. The number of methoxy groups -OCH3 is 2. The van der Waals surface area contributed by atoms with Gasteiger partial charge in [-0.3, -0.25) is 4.79 Å². The van der Waals surface area contributed by atoms with Crippen molar-refractivity contribution in [1.29, 1.82) is 0 Å². The molecule has 0 saturated carbocycles. The number of rotatable bonds is 5. The number of halogens is 1. The molecular weight excluding hydrogens is 438 g/mol. The summed E-state index contributed by atoms with van der Waals surface area (Å²) >= 11 is 3.20. The van der Waals surface area contributed by atoms with Gasteiger partial charge in [0.2, 0.25) is 0 Å². The van der Waals surface area contributed by atoms with E-state index in [1.165, 1.54) is 0 Å². The molecule has 2 aromatic carbocycles. The Kier molecular flexibility index (Phi) is 5.02. The van der Waals surface area contributed by atoms with Crippen LogP contribution in [0.4, 0.5) is 5.69 Å². The lowest BCUT2D eigenvalue weighted by Gasteiger charge is -2.09. The predicted molar refractivity (Wildman–Crippen MR) is 114 cm³/mol. The number of benzene rings is 2. The van der Waals surface area contributed by atoms with Crippen molar-refractivity contribution in [3.05, 3.63) is 58.5 Å². The number of carbonyl (C=O) groups excluding carboxylic acids is 1. The van der Waals surface area contributed by atoms with Gasteiger partial charge in [0.1, 0.15) is 5.82 Å². The topological polar surface area (TPSA) is 89.4 Å². The van der Waals surface area contributed by atoms with Crippen molar-refractivity contribution < 1.29 is 18.7 Å². The summed E-state index contributed by atoms with van der Waals surface area (Å²) in [6.45, 7) is 1.92. The van der Waals surface area contributed by atoms with Crippen LogP contribution >= 0.6 is 15.9 Å². The molecule has 148 valence electrons. The number of fused-ring (bicyclic) bond motifs is 1. The van der Waals surface area contributed by atoms with Crippen LogP contribution in [0, 0.1) is 6.92 Å². The molecule has 2 heterocycles. The number of aromatic nitrogens is 2. The van der Waals surface area contributed by atoms with E-state index < -0.39 is 0 Å². The van der Waals surface area contributed by atoms with Gasteiger partial charge in [-0.15, -0.1) is 0 Å². The number of carbonyl (C=O) groups is 1. The summed E-state index contributed by atoms with van der Waals surface area (Å²) < 4.78 is 16.5. The highest BCUT2D eigenvalue weighted by Gasteiger charge is 2.15. The quantitative estimate of drug-likeness (QED) is 0.433. The number of anilines is 1. The summed E-state index contributed by atoms with van der Waals surface area (Å²) in [6, 6.07) is 12.7. The first-order chi connectivity index (χ1) is 14.0. The molecule has 0 fully saturated rings. The highest BCUT2D eigenvalue weighted by molar-refractivity contribution is 9.10. The standard InChI is InChI=1S/C21H18BrN3O4/c1-11-4-5-12(8-13(11)25-21(26)16-6-7-19(22)29-16)20-23-14-9-17(27-2)18(28-3)10-15(14)24-20/h4-10H,1-3H3,(H,23,24)(H,25,26). The van der Waals surface area contributed by atoms with Crippen LogP contribution in [-0.2, 0) is 0 Å². The fourth-order valence-corrected chi connectivity index (χ4v) is 3.30. The van der Waals surface area contributed by atoms with E-state index in [1.54, 1.807) is 26.4 Å². The number of hydrogen-bond donors (Lipinski definition) is 2. The third kappa shape index (κ3) is 3.71. The van der Waals surface area contributed by atoms with E-state index in [2.05, 4.69) is 31.2 Å². The zero-order chi connectivity index (χ0) is 20.5. The molecule has 4 rings (SSSR count). The zero-order valence-corrected chi connectivity index (χ0v) is 17.6. The van der Waals surface area contributed by atoms with Crippen LogP contribution in [0.1, 0.15) is 16.1 Å². The van der Waals surface area contributed by atoms with Gasteiger partial charge in [-0.05, 0) is 46.6 Å². The Morgan fingerprint density at radius 2 is 1.86 bits per heavy atom. The number of aryl methyl sites for hydroxylation is 1. The maximum absolute atomic E-state index is 12.4. The Morgan fingerprint density at radius 3 is 2.55 bits per heavy atom. The van der Waals surface area contributed by atoms with Crippen LogP contribution in [0.5, 0.6) is 11.5 Å². The van der Waals surface area contributed by atoms with Crippen molar-refractivity contribution in [1.82, 2.24) is 9.97 Å². The molecule has 0 unspecified atom stereocenters. The molecule has 0 aliphatic rings. The van der Waals surface area contributed by atoms with Gasteiger partial charge in [0, 0.05) is 23.4 Å². The van der Waals surface area contributed by atoms with Crippen LogP contribution < -0.4 is 14.8 Å². The first-order valence-electron chi connectivity index (χ1n) is 8.78. The third-order valence-corrected chi connectivity index (χ3v) is 4.97. The molecule has 29 heavy (non-hydrogen) atoms. The maximum atomic E-state index is 12.4. The van der Waals surface area contributed by atoms with E-state index in [4.69, 9.17) is 13.9 Å². The van der Waals surface area contributed by atoms with Crippen LogP contribution in [0.25, 0.3) is 22.4 Å². The lowest BCUT2D eigenvalue weighted by molar-refractivity contribution is 0.0995. The second-order valence-corrected chi connectivity index (χ2v) is 7.18. The number of H-pyrrole nitrogens is 1. The lowest BCUT2D eigenvalue weighted by atomic mass is 10.1. The van der Waals surface area contributed by atoms with E-state index in [0.717, 1.165) is 22.2 Å². The zero-order valence-electron chi connectivity index (χ0n) is 16.0. The summed E-state index contributed by atoms with van der Waals surface area (Å²) in [7, 11) is 3.18. The number of amides is 1. The highest BCUT2D eigenvalue weighted by atomic mass is 79.9. The lowest BCUT2D eigenvalue weighted by Crippen LogP contribution is -2.11. The molecular formula is C21H18BrN3O4. The third-order valence-electron chi connectivity index (χ3n) is 4.54. The maximum Gasteiger partial charge on any atom is 0.291 e. The van der Waals surface area contributed by atoms with Crippen molar-refractivity contribution in [2.24, 2.45) is 0 Å². The number of imidazole rings is 1. The van der Waals surface area contributed by atoms with Gasteiger partial charge < -0.3 is 24.2 Å². The SMILES string of the molecule is COc1cc2nc(-c3ccc(C)c(NC(=O)c4ccc(Br)o4)c3)[nH]c2cc1OC. The van der Waals surface area contributed by atoms with Crippen molar-refractivity contribution in [2.75, 3.05) is 19.5 Å². The summed E-state index contributed by atoms with van der Waals surface area (Å²) in [5, 5.41) is 2.89. The molecule has 4 aromatic rings. The number of aromatic amines is 1. The average Bonchev–Trinajstić information content (AvgIpc) is 3.34. The average molecular weight is 456 g/mol. The largest absolute Gasteiger partial charge is 0.493 e. The molecule has 0 radical (unpaired) electrons. The molecule has 0 spiro atoms. The van der Waals surface area contributed by atoms with Crippen LogP contribution in [0.2, 0.25) is 0 Å². The second-order valence-electron chi connectivity index (χ2n) is 6.40. The summed E-state index contributed by atoms with van der Waals surface area (Å²) in [5.41, 5.74) is 4.01. The molecule has 2 N–H and O–H groups in total. The minimum absolute atomic E-state index is 0.226. The monoisotopic (exact) mass is 455 g/mol. The molecule has 1 amide bonds. The fraction of sp³-hybridized carbons (Fsp3) is 0.143. The van der Waals surface area contributed by atoms with E-state index in [9.17, 15) is 4.79 Å². The van der Waals surface area contributed by atoms with Gasteiger partial charge in [-0.25, -0.2) is 4.98 Å². The van der Waals surface area contributed by atoms with Crippen molar-refractivity contribution in [3.63, 3.8) is 0 Å². The second kappa shape index (κ2) is 7.63. The first-order valence-corrected chi connectivity index (χ1v) is 9.57.